The third-order valence-corrected chi connectivity index (χ3v) is 5.33. The average Bonchev–Trinajstić information content (AvgIpc) is 2.69. The van der Waals surface area contributed by atoms with Crippen molar-refractivity contribution in [3.63, 3.8) is 0 Å². The van der Waals surface area contributed by atoms with Crippen LogP contribution < -0.4 is 10.6 Å². The molecule has 1 saturated heterocycles. The molecule has 6 nitrogen and oxygen atoms in total. The Morgan fingerprint density at radius 1 is 1.30 bits per heavy atom. The van der Waals surface area contributed by atoms with E-state index in [1.54, 1.807) is 0 Å². The fourth-order valence-corrected chi connectivity index (χ4v) is 3.49. The molecule has 2 N–H and O–H groups in total. The number of likely N-dealkylation sites (tertiary alicyclic amines) is 1. The quantitative estimate of drug-likeness (QED) is 0.570. The van der Waals surface area contributed by atoms with Crippen molar-refractivity contribution in [2.24, 2.45) is 10.9 Å². The number of piperidine rings is 1. The minimum Gasteiger partial charge on any atom is -0.357 e. The summed E-state index contributed by atoms with van der Waals surface area (Å²) in [6.45, 7) is 11.4. The number of carbonyl (C=O) groups excluding carboxylic acids is 1. The lowest BCUT2D eigenvalue weighted by atomic mass is 9.98. The summed E-state index contributed by atoms with van der Waals surface area (Å²) in [6.07, 6.45) is 5.58. The maximum Gasteiger partial charge on any atom is 0.225 e. The summed E-state index contributed by atoms with van der Waals surface area (Å²) in [4.78, 5) is 23.7. The summed E-state index contributed by atoms with van der Waals surface area (Å²) in [5.41, 5.74) is 2.16. The predicted molar refractivity (Wildman–Crippen MR) is 111 cm³/mol. The Kier molecular flexibility index (Phi) is 8.55. The molecular weight excluding hydrogens is 338 g/mol. The number of carbonyl (C=O) groups is 1. The molecule has 1 amide bonds. The highest BCUT2D eigenvalue weighted by Gasteiger charge is 2.26. The van der Waals surface area contributed by atoms with Crippen molar-refractivity contribution in [2.45, 2.75) is 66.0 Å². The number of hydrogen-bond acceptors (Lipinski definition) is 3. The van der Waals surface area contributed by atoms with Crippen molar-refractivity contribution in [1.29, 1.82) is 0 Å². The van der Waals surface area contributed by atoms with Crippen molar-refractivity contribution in [3.8, 4) is 0 Å². The van der Waals surface area contributed by atoms with E-state index in [0.29, 0.717) is 18.5 Å². The Bertz CT molecular complexity index is 619. The van der Waals surface area contributed by atoms with Crippen LogP contribution in [0.1, 0.15) is 57.7 Å². The van der Waals surface area contributed by atoms with Crippen LogP contribution in [0.3, 0.4) is 0 Å². The van der Waals surface area contributed by atoms with Gasteiger partial charge in [0.2, 0.25) is 5.91 Å². The van der Waals surface area contributed by atoms with Crippen LogP contribution in [-0.2, 0) is 11.3 Å². The fraction of sp³-hybridized carbons (Fsp3) is 0.667. The molecule has 27 heavy (non-hydrogen) atoms. The molecule has 0 bridgehead atoms. The van der Waals surface area contributed by atoms with E-state index in [9.17, 15) is 4.79 Å². The minimum atomic E-state index is 0.176. The first-order valence-electron chi connectivity index (χ1n) is 10.3. The van der Waals surface area contributed by atoms with Gasteiger partial charge in [0, 0.05) is 37.8 Å². The van der Waals surface area contributed by atoms with Gasteiger partial charge in [0.05, 0.1) is 12.2 Å². The Hall–Kier alpha value is -2.11. The van der Waals surface area contributed by atoms with E-state index in [1.165, 1.54) is 0 Å². The lowest BCUT2D eigenvalue weighted by Crippen LogP contribution is -2.50. The van der Waals surface area contributed by atoms with E-state index in [4.69, 9.17) is 4.99 Å². The Labute approximate surface area is 163 Å². The monoisotopic (exact) mass is 373 g/mol. The summed E-state index contributed by atoms with van der Waals surface area (Å²) in [6, 6.07) is 4.35. The Balaban J connectivity index is 1.89. The standard InChI is InChI=1S/C21H35N5O/c1-5-17(6-2)20(27)26-13-10-18(11-14-26)25-21(22-7-3)24-15-19-16(4)9-8-12-23-19/h8-9,12,17-18H,5-7,10-11,13-15H2,1-4H3,(H2,22,24,25). The normalized spacial score (nSPS) is 15.9. The zero-order chi connectivity index (χ0) is 19.6. The maximum absolute atomic E-state index is 12.5. The molecule has 0 aromatic carbocycles. The second-order valence-electron chi connectivity index (χ2n) is 7.22. The molecule has 1 fully saturated rings. The van der Waals surface area contributed by atoms with Gasteiger partial charge in [0.1, 0.15) is 0 Å². The Morgan fingerprint density at radius 2 is 2.00 bits per heavy atom. The van der Waals surface area contributed by atoms with E-state index in [-0.39, 0.29) is 5.92 Å². The smallest absolute Gasteiger partial charge is 0.225 e. The average molecular weight is 374 g/mol. The number of pyridine rings is 1. The van der Waals surface area contributed by atoms with Crippen molar-refractivity contribution < 1.29 is 4.79 Å². The molecule has 2 heterocycles. The number of nitrogens with one attached hydrogen (secondary N) is 2. The van der Waals surface area contributed by atoms with E-state index in [1.807, 2.05) is 17.2 Å². The van der Waals surface area contributed by atoms with Crippen LogP contribution in [0.4, 0.5) is 0 Å². The number of aryl methyl sites for hydroxylation is 1. The van der Waals surface area contributed by atoms with Crippen LogP contribution in [0.5, 0.6) is 0 Å². The van der Waals surface area contributed by atoms with E-state index in [0.717, 1.165) is 62.5 Å². The minimum absolute atomic E-state index is 0.176. The largest absolute Gasteiger partial charge is 0.357 e. The van der Waals surface area contributed by atoms with Gasteiger partial charge in [-0.3, -0.25) is 9.78 Å². The van der Waals surface area contributed by atoms with Crippen LogP contribution in [0.15, 0.2) is 23.3 Å². The number of guanidine groups is 1. The third kappa shape index (κ3) is 6.22. The number of amides is 1. The molecule has 0 saturated carbocycles. The van der Waals surface area contributed by atoms with Gasteiger partial charge in [-0.25, -0.2) is 4.99 Å². The highest BCUT2D eigenvalue weighted by atomic mass is 16.2. The second kappa shape index (κ2) is 10.9. The molecule has 1 aromatic rings. The summed E-state index contributed by atoms with van der Waals surface area (Å²) in [5, 5.41) is 6.86. The van der Waals surface area contributed by atoms with Gasteiger partial charge in [-0.1, -0.05) is 19.9 Å². The maximum atomic E-state index is 12.5. The molecule has 0 spiro atoms. The van der Waals surface area contributed by atoms with Gasteiger partial charge in [-0.2, -0.15) is 0 Å². The molecule has 1 aliphatic heterocycles. The van der Waals surface area contributed by atoms with Crippen LogP contribution >= 0.6 is 0 Å². The number of aromatic nitrogens is 1. The van der Waals surface area contributed by atoms with Crippen molar-refractivity contribution in [2.75, 3.05) is 19.6 Å². The van der Waals surface area contributed by atoms with Crippen LogP contribution in [-0.4, -0.2) is 47.4 Å². The second-order valence-corrected chi connectivity index (χ2v) is 7.22. The van der Waals surface area contributed by atoms with Gasteiger partial charge in [-0.05, 0) is 51.2 Å². The molecule has 0 unspecified atom stereocenters. The predicted octanol–water partition coefficient (Wildman–Crippen LogP) is 2.87. The summed E-state index contributed by atoms with van der Waals surface area (Å²) in [7, 11) is 0. The Morgan fingerprint density at radius 3 is 2.59 bits per heavy atom. The summed E-state index contributed by atoms with van der Waals surface area (Å²) < 4.78 is 0. The topological polar surface area (TPSA) is 69.6 Å². The zero-order valence-electron chi connectivity index (χ0n) is 17.3. The zero-order valence-corrected chi connectivity index (χ0v) is 17.3. The van der Waals surface area contributed by atoms with E-state index in [2.05, 4.69) is 49.4 Å². The molecular formula is C21H35N5O. The molecule has 0 aliphatic carbocycles. The molecule has 2 rings (SSSR count). The van der Waals surface area contributed by atoms with Gasteiger partial charge >= 0.3 is 0 Å². The third-order valence-electron chi connectivity index (χ3n) is 5.33. The van der Waals surface area contributed by atoms with Crippen LogP contribution in [0.2, 0.25) is 0 Å². The van der Waals surface area contributed by atoms with Gasteiger partial charge in [-0.15, -0.1) is 0 Å². The first kappa shape index (κ1) is 21.2. The molecule has 1 aromatic heterocycles. The number of aliphatic imine (C=N–C) groups is 1. The first-order valence-corrected chi connectivity index (χ1v) is 10.3. The molecule has 1 aliphatic rings. The fourth-order valence-electron chi connectivity index (χ4n) is 3.49. The van der Waals surface area contributed by atoms with Crippen molar-refractivity contribution in [1.82, 2.24) is 20.5 Å². The highest BCUT2D eigenvalue weighted by molar-refractivity contribution is 5.80. The molecule has 0 radical (unpaired) electrons. The van der Waals surface area contributed by atoms with Crippen LogP contribution in [0, 0.1) is 12.8 Å². The van der Waals surface area contributed by atoms with Crippen molar-refractivity contribution in [3.05, 3.63) is 29.6 Å². The van der Waals surface area contributed by atoms with Crippen LogP contribution in [0.25, 0.3) is 0 Å². The van der Waals surface area contributed by atoms with E-state index >= 15 is 0 Å². The number of rotatable bonds is 7. The summed E-state index contributed by atoms with van der Waals surface area (Å²) in [5.74, 6) is 1.33. The number of hydrogen-bond donors (Lipinski definition) is 2. The molecule has 6 heteroatoms. The molecule has 150 valence electrons. The lowest BCUT2D eigenvalue weighted by Gasteiger charge is -2.34. The van der Waals surface area contributed by atoms with Gasteiger partial charge in [0.25, 0.3) is 0 Å². The van der Waals surface area contributed by atoms with Gasteiger partial charge in [0.15, 0.2) is 5.96 Å². The highest BCUT2D eigenvalue weighted by Crippen LogP contribution is 2.17. The first-order chi connectivity index (χ1) is 13.1. The van der Waals surface area contributed by atoms with E-state index < -0.39 is 0 Å². The molecule has 0 atom stereocenters. The van der Waals surface area contributed by atoms with Crippen molar-refractivity contribution >= 4 is 11.9 Å². The van der Waals surface area contributed by atoms with Gasteiger partial charge < -0.3 is 15.5 Å². The SMILES string of the molecule is CCNC(=NCc1ncccc1C)NC1CCN(C(=O)C(CC)CC)CC1. The summed E-state index contributed by atoms with van der Waals surface area (Å²) >= 11 is 0. The lowest BCUT2D eigenvalue weighted by molar-refractivity contribution is -0.136. The number of nitrogens with zero attached hydrogens (tertiary/aromatic N) is 3.